The van der Waals surface area contributed by atoms with Crippen molar-refractivity contribution >= 4 is 17.8 Å². The zero-order valence-electron chi connectivity index (χ0n) is 13.3. The zero-order chi connectivity index (χ0) is 17.1. The monoisotopic (exact) mass is 327 g/mol. The van der Waals surface area contributed by atoms with Gasteiger partial charge in [-0.25, -0.2) is 9.69 Å². The maximum Gasteiger partial charge on any atom is 0.334 e. The molecule has 2 heterocycles. The molecule has 1 aliphatic heterocycles. The van der Waals surface area contributed by atoms with Crippen molar-refractivity contribution in [3.8, 4) is 5.69 Å². The van der Waals surface area contributed by atoms with Gasteiger partial charge < -0.3 is 0 Å². The van der Waals surface area contributed by atoms with Crippen LogP contribution in [0.1, 0.15) is 25.5 Å². The summed E-state index contributed by atoms with van der Waals surface area (Å²) in [5, 5.41) is 8.38. The highest BCUT2D eigenvalue weighted by atomic mass is 16.2. The highest BCUT2D eigenvalue weighted by molar-refractivity contribution is 6.44. The highest BCUT2D eigenvalue weighted by Gasteiger charge is 2.44. The summed E-state index contributed by atoms with van der Waals surface area (Å²) in [6.07, 6.45) is 2.98. The van der Waals surface area contributed by atoms with E-state index in [2.05, 4.69) is 10.2 Å². The number of imide groups is 2. The molecule has 1 saturated heterocycles. The molecule has 1 aliphatic rings. The standard InChI is InChI=1S/C16H17N5O3/c1-2-3-9-19-14(22)15(23)20(16(19)24)11-12-10-17-21(18-12)13-7-5-4-6-8-13/h4-8,10H,2-3,9,11H2,1H3. The molecule has 0 saturated carbocycles. The normalized spacial score (nSPS) is 14.8. The van der Waals surface area contributed by atoms with Gasteiger partial charge in [-0.3, -0.25) is 14.5 Å². The topological polar surface area (TPSA) is 88.4 Å². The third-order valence-corrected chi connectivity index (χ3v) is 3.72. The fourth-order valence-corrected chi connectivity index (χ4v) is 2.42. The maximum absolute atomic E-state index is 12.3. The number of nitrogens with zero attached hydrogens (tertiary/aromatic N) is 5. The number of hydrogen-bond acceptors (Lipinski definition) is 5. The van der Waals surface area contributed by atoms with Gasteiger partial charge in [-0.2, -0.15) is 15.0 Å². The van der Waals surface area contributed by atoms with Crippen molar-refractivity contribution in [2.45, 2.75) is 26.3 Å². The van der Waals surface area contributed by atoms with Gasteiger partial charge in [-0.1, -0.05) is 31.5 Å². The molecule has 0 unspecified atom stereocenters. The van der Waals surface area contributed by atoms with Crippen molar-refractivity contribution in [2.75, 3.05) is 6.54 Å². The van der Waals surface area contributed by atoms with Crippen LogP contribution >= 0.6 is 0 Å². The molecule has 2 aromatic rings. The molecule has 124 valence electrons. The summed E-state index contributed by atoms with van der Waals surface area (Å²) < 4.78 is 0. The van der Waals surface area contributed by atoms with Crippen LogP contribution in [0.2, 0.25) is 0 Å². The van der Waals surface area contributed by atoms with E-state index < -0.39 is 17.8 Å². The lowest BCUT2D eigenvalue weighted by molar-refractivity contribution is -0.143. The number of carbonyl (C=O) groups excluding carboxylic acids is 3. The van der Waals surface area contributed by atoms with Crippen LogP contribution in [0.4, 0.5) is 4.79 Å². The Labute approximate surface area is 138 Å². The minimum atomic E-state index is -0.814. The van der Waals surface area contributed by atoms with Crippen LogP contribution in [-0.4, -0.2) is 49.2 Å². The van der Waals surface area contributed by atoms with Gasteiger partial charge >= 0.3 is 17.8 Å². The van der Waals surface area contributed by atoms with Crippen molar-refractivity contribution < 1.29 is 14.4 Å². The fourth-order valence-electron chi connectivity index (χ4n) is 2.42. The van der Waals surface area contributed by atoms with Crippen LogP contribution in [0.15, 0.2) is 36.5 Å². The van der Waals surface area contributed by atoms with Crippen molar-refractivity contribution in [3.63, 3.8) is 0 Å². The smallest absolute Gasteiger partial charge is 0.263 e. The van der Waals surface area contributed by atoms with Gasteiger partial charge in [0.2, 0.25) is 0 Å². The predicted octanol–water partition coefficient (Wildman–Crippen LogP) is 1.36. The summed E-state index contributed by atoms with van der Waals surface area (Å²) in [4.78, 5) is 39.5. The van der Waals surface area contributed by atoms with E-state index in [0.29, 0.717) is 12.1 Å². The van der Waals surface area contributed by atoms with E-state index in [0.717, 1.165) is 21.9 Å². The van der Waals surface area contributed by atoms with Crippen LogP contribution < -0.4 is 0 Å². The predicted molar refractivity (Wildman–Crippen MR) is 83.9 cm³/mol. The Balaban J connectivity index is 1.74. The SMILES string of the molecule is CCCCN1C(=O)C(=O)N(Cc2cnn(-c3ccccc3)n2)C1=O. The number of benzene rings is 1. The molecule has 0 atom stereocenters. The van der Waals surface area contributed by atoms with E-state index in [1.165, 1.54) is 11.0 Å². The van der Waals surface area contributed by atoms with Gasteiger partial charge in [0.05, 0.1) is 18.4 Å². The highest BCUT2D eigenvalue weighted by Crippen LogP contribution is 2.16. The summed E-state index contributed by atoms with van der Waals surface area (Å²) in [6, 6.07) is 8.68. The van der Waals surface area contributed by atoms with Gasteiger partial charge in [0, 0.05) is 6.54 Å². The Kier molecular flexibility index (Phi) is 4.37. The second-order valence-electron chi connectivity index (χ2n) is 5.45. The molecule has 0 N–H and O–H groups in total. The van der Waals surface area contributed by atoms with Gasteiger partial charge in [-0.05, 0) is 18.6 Å². The molecule has 8 nitrogen and oxygen atoms in total. The van der Waals surface area contributed by atoms with Crippen LogP contribution in [0.3, 0.4) is 0 Å². The Hall–Kier alpha value is -3.03. The molecule has 1 fully saturated rings. The molecule has 1 aromatic carbocycles. The minimum Gasteiger partial charge on any atom is -0.263 e. The quantitative estimate of drug-likeness (QED) is 0.590. The van der Waals surface area contributed by atoms with E-state index >= 15 is 0 Å². The Bertz CT molecular complexity index is 771. The molecular formula is C16H17N5O3. The lowest BCUT2D eigenvalue weighted by Crippen LogP contribution is -2.33. The maximum atomic E-state index is 12.3. The number of amides is 4. The first kappa shape index (κ1) is 15.9. The Morgan fingerprint density at radius 3 is 2.42 bits per heavy atom. The number of aromatic nitrogens is 3. The van der Waals surface area contributed by atoms with Crippen molar-refractivity contribution in [2.24, 2.45) is 0 Å². The zero-order valence-corrected chi connectivity index (χ0v) is 13.3. The summed E-state index contributed by atoms with van der Waals surface area (Å²) in [5.74, 6) is -1.59. The van der Waals surface area contributed by atoms with Crippen LogP contribution in [0.5, 0.6) is 0 Å². The summed E-state index contributed by atoms with van der Waals surface area (Å²) >= 11 is 0. The molecule has 0 spiro atoms. The average molecular weight is 327 g/mol. The molecule has 0 bridgehead atoms. The number of hydrogen-bond donors (Lipinski definition) is 0. The number of unbranched alkanes of at least 4 members (excludes halogenated alkanes) is 1. The van der Waals surface area contributed by atoms with Gasteiger partial charge in [0.1, 0.15) is 5.69 Å². The van der Waals surface area contributed by atoms with Crippen LogP contribution in [0.25, 0.3) is 5.69 Å². The van der Waals surface area contributed by atoms with E-state index in [-0.39, 0.29) is 13.1 Å². The summed E-state index contributed by atoms with van der Waals surface area (Å²) in [5.41, 5.74) is 1.20. The van der Waals surface area contributed by atoms with Crippen molar-refractivity contribution in [3.05, 3.63) is 42.2 Å². The van der Waals surface area contributed by atoms with Gasteiger partial charge in [0.15, 0.2) is 0 Å². The molecule has 0 radical (unpaired) electrons. The summed E-state index contributed by atoms with van der Waals surface area (Å²) in [6.45, 7) is 2.14. The second kappa shape index (κ2) is 6.61. The minimum absolute atomic E-state index is 0.0706. The first-order valence-electron chi connectivity index (χ1n) is 7.75. The lowest BCUT2D eigenvalue weighted by atomic mass is 10.3. The van der Waals surface area contributed by atoms with E-state index in [1.807, 2.05) is 37.3 Å². The Morgan fingerprint density at radius 2 is 1.71 bits per heavy atom. The second-order valence-corrected chi connectivity index (χ2v) is 5.45. The first-order chi connectivity index (χ1) is 11.6. The fraction of sp³-hybridized carbons (Fsp3) is 0.312. The largest absolute Gasteiger partial charge is 0.334 e. The molecular weight excluding hydrogens is 310 g/mol. The molecule has 3 rings (SSSR count). The van der Waals surface area contributed by atoms with Crippen molar-refractivity contribution in [1.82, 2.24) is 24.8 Å². The van der Waals surface area contributed by atoms with Crippen LogP contribution in [0, 0.1) is 0 Å². The van der Waals surface area contributed by atoms with E-state index in [1.54, 1.807) is 0 Å². The lowest BCUT2D eigenvalue weighted by Gasteiger charge is -2.13. The molecule has 1 aromatic heterocycles. The molecule has 8 heteroatoms. The average Bonchev–Trinajstić information content (AvgIpc) is 3.15. The number of rotatable bonds is 6. The Morgan fingerprint density at radius 1 is 1.00 bits per heavy atom. The van der Waals surface area contributed by atoms with Crippen LogP contribution in [-0.2, 0) is 16.1 Å². The summed E-state index contributed by atoms with van der Waals surface area (Å²) in [7, 11) is 0. The third-order valence-electron chi connectivity index (χ3n) is 3.72. The van der Waals surface area contributed by atoms with Gasteiger partial charge in [0.25, 0.3) is 0 Å². The third kappa shape index (κ3) is 2.90. The molecule has 4 amide bonds. The first-order valence-corrected chi connectivity index (χ1v) is 7.75. The number of urea groups is 1. The molecule has 0 aliphatic carbocycles. The number of para-hydroxylation sites is 1. The van der Waals surface area contributed by atoms with Gasteiger partial charge in [-0.15, -0.1) is 0 Å². The van der Waals surface area contributed by atoms with E-state index in [4.69, 9.17) is 0 Å². The molecule has 24 heavy (non-hydrogen) atoms. The number of carbonyl (C=O) groups is 3. The van der Waals surface area contributed by atoms with E-state index in [9.17, 15) is 14.4 Å². The van der Waals surface area contributed by atoms with Crippen molar-refractivity contribution in [1.29, 1.82) is 0 Å².